The van der Waals surface area contributed by atoms with Gasteiger partial charge in [-0.15, -0.1) is 0 Å². The molecule has 0 aromatic heterocycles. The largest absolute Gasteiger partial charge is 0.390 e. The maximum Gasteiger partial charge on any atom is 0.142 e. The lowest BCUT2D eigenvalue weighted by molar-refractivity contribution is -0.130. The maximum absolute atomic E-state index is 11.8. The molecule has 2 aliphatic carbocycles. The van der Waals surface area contributed by atoms with Gasteiger partial charge in [-0.1, -0.05) is 11.6 Å². The minimum atomic E-state index is -0.788. The van der Waals surface area contributed by atoms with Gasteiger partial charge in [0.1, 0.15) is 5.78 Å². The Kier molecular flexibility index (Phi) is 2.24. The molecular weight excluding hydrogens is 180 g/mol. The molecule has 0 heterocycles. The van der Waals surface area contributed by atoms with Gasteiger partial charge in [0.2, 0.25) is 0 Å². The highest BCUT2D eigenvalue weighted by molar-refractivity contribution is 5.89. The van der Waals surface area contributed by atoms with Gasteiger partial charge in [0.05, 0.1) is 12.2 Å². The Morgan fingerprint density at radius 1 is 1.43 bits per heavy atom. The summed E-state index contributed by atoms with van der Waals surface area (Å²) in [6.45, 7) is 1.88. The molecule has 1 saturated carbocycles. The van der Waals surface area contributed by atoms with Crippen molar-refractivity contribution in [1.82, 2.24) is 0 Å². The van der Waals surface area contributed by atoms with E-state index in [1.807, 2.05) is 6.92 Å². The third-order valence-electron chi connectivity index (χ3n) is 3.56. The highest BCUT2D eigenvalue weighted by Gasteiger charge is 2.44. The van der Waals surface area contributed by atoms with E-state index in [9.17, 15) is 15.0 Å². The van der Waals surface area contributed by atoms with Gasteiger partial charge in [0, 0.05) is 11.8 Å². The third-order valence-corrected chi connectivity index (χ3v) is 3.56. The van der Waals surface area contributed by atoms with Crippen LogP contribution in [0.1, 0.15) is 32.6 Å². The molecule has 14 heavy (non-hydrogen) atoms. The summed E-state index contributed by atoms with van der Waals surface area (Å²) in [7, 11) is 0. The normalized spacial score (nSPS) is 43.1. The lowest BCUT2D eigenvalue weighted by Gasteiger charge is -2.41. The highest BCUT2D eigenvalue weighted by Crippen LogP contribution is 2.44. The summed E-state index contributed by atoms with van der Waals surface area (Å²) in [4.78, 5) is 11.8. The predicted molar refractivity (Wildman–Crippen MR) is 51.7 cm³/mol. The molecule has 0 saturated heterocycles. The van der Waals surface area contributed by atoms with E-state index >= 15 is 0 Å². The molecule has 0 amide bonds. The van der Waals surface area contributed by atoms with Crippen LogP contribution in [-0.2, 0) is 4.79 Å². The number of allylic oxidation sites excluding steroid dienone is 1. The molecule has 2 N–H and O–H groups in total. The topological polar surface area (TPSA) is 57.5 Å². The van der Waals surface area contributed by atoms with E-state index in [0.29, 0.717) is 12.8 Å². The van der Waals surface area contributed by atoms with Gasteiger partial charge in [0.25, 0.3) is 0 Å². The lowest BCUT2D eigenvalue weighted by atomic mass is 9.64. The van der Waals surface area contributed by atoms with Gasteiger partial charge in [-0.3, -0.25) is 4.79 Å². The van der Waals surface area contributed by atoms with Crippen LogP contribution >= 0.6 is 0 Å². The quantitative estimate of drug-likeness (QED) is 0.563. The number of Topliss-reactive ketones (excluding diaryl/α,β-unsaturated/α-hetero) is 1. The molecule has 2 aliphatic rings. The van der Waals surface area contributed by atoms with Gasteiger partial charge in [-0.05, 0) is 26.2 Å². The Morgan fingerprint density at radius 3 is 2.86 bits per heavy atom. The second-order valence-electron chi connectivity index (χ2n) is 4.56. The molecule has 3 heteroatoms. The number of fused-ring (bicyclic) bond motifs is 1. The van der Waals surface area contributed by atoms with Gasteiger partial charge in [0.15, 0.2) is 0 Å². The van der Waals surface area contributed by atoms with Crippen molar-refractivity contribution in [2.75, 3.05) is 0 Å². The predicted octanol–water partition coefficient (Wildman–Crippen LogP) is 0.798. The molecule has 0 radical (unpaired) electrons. The molecule has 3 nitrogen and oxygen atoms in total. The maximum atomic E-state index is 11.8. The average molecular weight is 196 g/mol. The van der Waals surface area contributed by atoms with Crippen molar-refractivity contribution >= 4 is 5.78 Å². The number of carbonyl (C=O) groups is 1. The van der Waals surface area contributed by atoms with Crippen molar-refractivity contribution in [3.8, 4) is 0 Å². The monoisotopic (exact) mass is 196 g/mol. The second-order valence-corrected chi connectivity index (χ2v) is 4.56. The minimum Gasteiger partial charge on any atom is -0.390 e. The van der Waals surface area contributed by atoms with Crippen molar-refractivity contribution in [1.29, 1.82) is 0 Å². The van der Waals surface area contributed by atoms with Gasteiger partial charge in [-0.2, -0.15) is 0 Å². The number of ketones is 1. The van der Waals surface area contributed by atoms with E-state index in [4.69, 9.17) is 0 Å². The van der Waals surface area contributed by atoms with Crippen molar-refractivity contribution in [3.05, 3.63) is 11.6 Å². The first-order valence-electron chi connectivity index (χ1n) is 5.14. The zero-order chi connectivity index (χ0) is 10.3. The average Bonchev–Trinajstić information content (AvgIpc) is 2.11. The van der Waals surface area contributed by atoms with Crippen LogP contribution in [0, 0.1) is 5.41 Å². The number of hydrogen-bond donors (Lipinski definition) is 2. The zero-order valence-corrected chi connectivity index (χ0v) is 8.36. The summed E-state index contributed by atoms with van der Waals surface area (Å²) in [5.74, 6) is 0.209. The van der Waals surface area contributed by atoms with Crippen LogP contribution in [0.3, 0.4) is 0 Å². The van der Waals surface area contributed by atoms with Gasteiger partial charge < -0.3 is 10.2 Å². The Bertz CT molecular complexity index is 295. The molecular formula is C11H16O3. The van der Waals surface area contributed by atoms with Crippen LogP contribution in [-0.4, -0.2) is 28.2 Å². The first kappa shape index (κ1) is 9.87. The van der Waals surface area contributed by atoms with Crippen LogP contribution in [0.4, 0.5) is 0 Å². The second kappa shape index (κ2) is 3.17. The van der Waals surface area contributed by atoms with E-state index < -0.39 is 17.6 Å². The molecule has 2 rings (SSSR count). The minimum absolute atomic E-state index is 0.209. The van der Waals surface area contributed by atoms with E-state index in [-0.39, 0.29) is 5.78 Å². The Balaban J connectivity index is 2.37. The van der Waals surface area contributed by atoms with E-state index in [2.05, 4.69) is 0 Å². The molecule has 0 aromatic rings. The number of rotatable bonds is 0. The first-order chi connectivity index (χ1) is 6.54. The van der Waals surface area contributed by atoms with Gasteiger partial charge in [-0.25, -0.2) is 0 Å². The van der Waals surface area contributed by atoms with Crippen LogP contribution < -0.4 is 0 Å². The molecule has 3 unspecified atom stereocenters. The summed E-state index contributed by atoms with van der Waals surface area (Å²) >= 11 is 0. The number of hydrogen-bond acceptors (Lipinski definition) is 3. The van der Waals surface area contributed by atoms with Crippen LogP contribution in [0.2, 0.25) is 0 Å². The van der Waals surface area contributed by atoms with Crippen LogP contribution in [0.5, 0.6) is 0 Å². The molecule has 0 spiro atoms. The molecule has 0 bridgehead atoms. The lowest BCUT2D eigenvalue weighted by Crippen LogP contribution is -2.44. The van der Waals surface area contributed by atoms with Crippen molar-refractivity contribution in [2.24, 2.45) is 5.41 Å². The Morgan fingerprint density at radius 2 is 2.14 bits per heavy atom. The summed E-state index contributed by atoms with van der Waals surface area (Å²) in [5.41, 5.74) is 0.517. The molecule has 0 aromatic carbocycles. The van der Waals surface area contributed by atoms with E-state index in [0.717, 1.165) is 18.4 Å². The van der Waals surface area contributed by atoms with Crippen LogP contribution in [0.15, 0.2) is 11.6 Å². The van der Waals surface area contributed by atoms with E-state index in [1.54, 1.807) is 6.08 Å². The van der Waals surface area contributed by atoms with E-state index in [1.165, 1.54) is 0 Å². The van der Waals surface area contributed by atoms with Gasteiger partial charge >= 0.3 is 0 Å². The van der Waals surface area contributed by atoms with Crippen molar-refractivity contribution in [2.45, 2.75) is 44.8 Å². The highest BCUT2D eigenvalue weighted by atomic mass is 16.3. The summed E-state index contributed by atoms with van der Waals surface area (Å²) in [6.07, 6.45) is 2.84. The summed E-state index contributed by atoms with van der Waals surface area (Å²) in [5, 5.41) is 19.0. The first-order valence-corrected chi connectivity index (χ1v) is 5.14. The summed E-state index contributed by atoms with van der Waals surface area (Å²) < 4.78 is 0. The molecule has 1 fully saturated rings. The van der Waals surface area contributed by atoms with Crippen LogP contribution in [0.25, 0.3) is 0 Å². The molecule has 3 atom stereocenters. The number of aliphatic hydroxyl groups is 2. The zero-order valence-electron chi connectivity index (χ0n) is 8.36. The van der Waals surface area contributed by atoms with Crippen molar-refractivity contribution in [3.63, 3.8) is 0 Å². The Labute approximate surface area is 83.4 Å². The fraction of sp³-hybridized carbons (Fsp3) is 0.727. The molecule has 0 aliphatic heterocycles. The van der Waals surface area contributed by atoms with Crippen molar-refractivity contribution < 1.29 is 15.0 Å². The SMILES string of the molecule is CC12CC(O)C(O)C=C1CCCC2=O. The fourth-order valence-corrected chi connectivity index (χ4v) is 2.54. The summed E-state index contributed by atoms with van der Waals surface area (Å²) in [6, 6.07) is 0. The standard InChI is InChI=1S/C11H16O3/c1-11-6-9(13)8(12)5-7(11)3-2-4-10(11)14/h5,8-9,12-13H,2-4,6H2,1H3. The fourth-order valence-electron chi connectivity index (χ4n) is 2.54. The number of carbonyl (C=O) groups excluding carboxylic acids is 1. The third kappa shape index (κ3) is 1.31. The number of aliphatic hydroxyl groups excluding tert-OH is 2. The molecule has 78 valence electrons. The Hall–Kier alpha value is -0.670. The smallest absolute Gasteiger partial charge is 0.142 e.